The first-order chi connectivity index (χ1) is 14.1. The van der Waals surface area contributed by atoms with Crippen molar-refractivity contribution in [3.05, 3.63) is 94.1 Å². The Labute approximate surface area is 166 Å². The molecule has 144 valence electrons. The number of hydrogen-bond donors (Lipinski definition) is 0. The molecule has 0 saturated carbocycles. The molecule has 0 radical (unpaired) electrons. The molecule has 4 nitrogen and oxygen atoms in total. The van der Waals surface area contributed by atoms with Crippen LogP contribution in [0.3, 0.4) is 0 Å². The number of hydrogen-bond acceptors (Lipinski definition) is 4. The number of ether oxygens (including phenoxy) is 1. The van der Waals surface area contributed by atoms with Gasteiger partial charge in [-0.3, -0.25) is 4.79 Å². The lowest BCUT2D eigenvalue weighted by Gasteiger charge is -2.31. The molecular weight excluding hydrogens is 369 g/mol. The molecule has 29 heavy (non-hydrogen) atoms. The van der Waals surface area contributed by atoms with Crippen LogP contribution in [0.1, 0.15) is 11.3 Å². The van der Waals surface area contributed by atoms with Gasteiger partial charge in [-0.25, -0.2) is 4.39 Å². The Hall–Kier alpha value is -3.60. The number of benzene rings is 3. The molecule has 5 rings (SSSR count). The summed E-state index contributed by atoms with van der Waals surface area (Å²) >= 11 is 0. The first-order valence-electron chi connectivity index (χ1n) is 9.40. The first kappa shape index (κ1) is 17.5. The summed E-state index contributed by atoms with van der Waals surface area (Å²) in [6.45, 7) is 2.41. The zero-order chi connectivity index (χ0) is 20.0. The van der Waals surface area contributed by atoms with E-state index in [0.29, 0.717) is 40.3 Å². The number of halogens is 1. The Balaban J connectivity index is 1.67. The second kappa shape index (κ2) is 6.78. The molecule has 0 saturated heterocycles. The average molecular weight is 387 g/mol. The predicted octanol–water partition coefficient (Wildman–Crippen LogP) is 5.26. The van der Waals surface area contributed by atoms with Gasteiger partial charge < -0.3 is 14.1 Å². The highest BCUT2D eigenvalue weighted by Crippen LogP contribution is 2.35. The van der Waals surface area contributed by atoms with E-state index in [0.717, 1.165) is 11.1 Å². The molecule has 5 heteroatoms. The van der Waals surface area contributed by atoms with Crippen molar-refractivity contribution in [1.82, 2.24) is 0 Å². The van der Waals surface area contributed by atoms with Crippen molar-refractivity contribution in [3.63, 3.8) is 0 Å². The minimum atomic E-state index is -0.316. The zero-order valence-corrected chi connectivity index (χ0v) is 15.8. The largest absolute Gasteiger partial charge is 0.473 e. The SMILES string of the molecule is Cc1oc2c3c(ccc2c(=O)c1-c1ccccc1)OCN(c1ccccc1F)C3. The molecule has 0 amide bonds. The van der Waals surface area contributed by atoms with Crippen molar-refractivity contribution in [2.24, 2.45) is 0 Å². The maximum atomic E-state index is 14.3. The first-order valence-corrected chi connectivity index (χ1v) is 9.40. The lowest BCUT2D eigenvalue weighted by molar-refractivity contribution is 0.287. The van der Waals surface area contributed by atoms with E-state index < -0.39 is 0 Å². The highest BCUT2D eigenvalue weighted by atomic mass is 19.1. The Morgan fingerprint density at radius 1 is 0.966 bits per heavy atom. The number of rotatable bonds is 2. The van der Waals surface area contributed by atoms with Gasteiger partial charge in [-0.05, 0) is 36.8 Å². The molecule has 0 atom stereocenters. The van der Waals surface area contributed by atoms with Crippen LogP contribution in [0.5, 0.6) is 5.75 Å². The van der Waals surface area contributed by atoms with Crippen molar-refractivity contribution in [1.29, 1.82) is 0 Å². The van der Waals surface area contributed by atoms with Gasteiger partial charge in [-0.1, -0.05) is 42.5 Å². The summed E-state index contributed by atoms with van der Waals surface area (Å²) in [5, 5.41) is 0.493. The van der Waals surface area contributed by atoms with E-state index >= 15 is 0 Å². The lowest BCUT2D eigenvalue weighted by Crippen LogP contribution is -2.32. The van der Waals surface area contributed by atoms with Gasteiger partial charge in [-0.2, -0.15) is 0 Å². The summed E-state index contributed by atoms with van der Waals surface area (Å²) in [4.78, 5) is 15.1. The van der Waals surface area contributed by atoms with Crippen LogP contribution in [0.15, 0.2) is 75.9 Å². The quantitative estimate of drug-likeness (QED) is 0.470. The molecule has 2 heterocycles. The van der Waals surface area contributed by atoms with Gasteiger partial charge in [0.2, 0.25) is 5.43 Å². The van der Waals surface area contributed by atoms with Gasteiger partial charge in [0, 0.05) is 0 Å². The minimum absolute atomic E-state index is 0.0826. The lowest BCUT2D eigenvalue weighted by atomic mass is 10.0. The third-order valence-corrected chi connectivity index (χ3v) is 5.28. The van der Waals surface area contributed by atoms with Crippen molar-refractivity contribution < 1.29 is 13.5 Å². The van der Waals surface area contributed by atoms with Crippen LogP contribution in [0.25, 0.3) is 22.1 Å². The van der Waals surface area contributed by atoms with Crippen LogP contribution in [-0.4, -0.2) is 6.73 Å². The number of anilines is 1. The van der Waals surface area contributed by atoms with Gasteiger partial charge in [0.1, 0.15) is 22.9 Å². The fraction of sp³-hybridized carbons (Fsp3) is 0.125. The van der Waals surface area contributed by atoms with Gasteiger partial charge >= 0.3 is 0 Å². The summed E-state index contributed by atoms with van der Waals surface area (Å²) in [6, 6.07) is 19.6. The molecular formula is C24H18FNO3. The van der Waals surface area contributed by atoms with E-state index in [-0.39, 0.29) is 18.0 Å². The van der Waals surface area contributed by atoms with Crippen molar-refractivity contribution >= 4 is 16.7 Å². The summed E-state index contributed by atoms with van der Waals surface area (Å²) in [6.07, 6.45) is 0. The fourth-order valence-corrected chi connectivity index (χ4v) is 3.87. The van der Waals surface area contributed by atoms with Crippen LogP contribution >= 0.6 is 0 Å². The van der Waals surface area contributed by atoms with E-state index in [1.54, 1.807) is 42.2 Å². The summed E-state index contributed by atoms with van der Waals surface area (Å²) in [5.41, 5.74) is 2.99. The normalized spacial score (nSPS) is 13.2. The number of aryl methyl sites for hydroxylation is 1. The Kier molecular flexibility index (Phi) is 4.09. The van der Waals surface area contributed by atoms with Crippen LogP contribution in [0, 0.1) is 12.7 Å². The van der Waals surface area contributed by atoms with E-state index in [1.165, 1.54) is 6.07 Å². The molecule has 0 bridgehead atoms. The molecule has 1 aliphatic rings. The van der Waals surface area contributed by atoms with E-state index in [2.05, 4.69) is 0 Å². The molecule has 3 aromatic carbocycles. The van der Waals surface area contributed by atoms with Crippen LogP contribution in [0.4, 0.5) is 10.1 Å². The van der Waals surface area contributed by atoms with Crippen molar-refractivity contribution in [3.8, 4) is 16.9 Å². The summed E-state index contributed by atoms with van der Waals surface area (Å²) in [5.74, 6) is 0.883. The number of nitrogens with zero attached hydrogens (tertiary/aromatic N) is 1. The molecule has 0 N–H and O–H groups in total. The fourth-order valence-electron chi connectivity index (χ4n) is 3.87. The molecule has 0 fully saturated rings. The monoisotopic (exact) mass is 387 g/mol. The van der Waals surface area contributed by atoms with E-state index in [4.69, 9.17) is 9.15 Å². The van der Waals surface area contributed by atoms with E-state index in [1.807, 2.05) is 30.3 Å². The Morgan fingerprint density at radius 2 is 1.72 bits per heavy atom. The van der Waals surface area contributed by atoms with Crippen molar-refractivity contribution in [2.45, 2.75) is 13.5 Å². The number of para-hydroxylation sites is 1. The molecule has 1 aromatic heterocycles. The highest BCUT2D eigenvalue weighted by molar-refractivity contribution is 5.87. The maximum absolute atomic E-state index is 14.3. The molecule has 0 spiro atoms. The van der Waals surface area contributed by atoms with Gasteiger partial charge in [0.05, 0.1) is 28.7 Å². The summed E-state index contributed by atoms with van der Waals surface area (Å²) < 4.78 is 26.2. The van der Waals surface area contributed by atoms with Crippen LogP contribution in [0.2, 0.25) is 0 Å². The smallest absolute Gasteiger partial charge is 0.200 e. The molecule has 0 aliphatic carbocycles. The van der Waals surface area contributed by atoms with Gasteiger partial charge in [-0.15, -0.1) is 0 Å². The van der Waals surface area contributed by atoms with Gasteiger partial charge in [0.25, 0.3) is 0 Å². The maximum Gasteiger partial charge on any atom is 0.200 e. The topological polar surface area (TPSA) is 42.7 Å². The van der Waals surface area contributed by atoms with Crippen LogP contribution in [-0.2, 0) is 6.54 Å². The van der Waals surface area contributed by atoms with Gasteiger partial charge in [0.15, 0.2) is 6.73 Å². The average Bonchev–Trinajstić information content (AvgIpc) is 2.74. The van der Waals surface area contributed by atoms with Crippen molar-refractivity contribution in [2.75, 3.05) is 11.6 Å². The summed E-state index contributed by atoms with van der Waals surface area (Å²) in [7, 11) is 0. The Morgan fingerprint density at radius 3 is 2.52 bits per heavy atom. The molecule has 0 unspecified atom stereocenters. The second-order valence-corrected chi connectivity index (χ2v) is 7.07. The van der Waals surface area contributed by atoms with Crippen LogP contribution < -0.4 is 15.1 Å². The predicted molar refractivity (Wildman–Crippen MR) is 111 cm³/mol. The third kappa shape index (κ3) is 2.86. The second-order valence-electron chi connectivity index (χ2n) is 7.07. The minimum Gasteiger partial charge on any atom is -0.473 e. The third-order valence-electron chi connectivity index (χ3n) is 5.28. The molecule has 1 aliphatic heterocycles. The van der Waals surface area contributed by atoms with E-state index in [9.17, 15) is 9.18 Å². The highest BCUT2D eigenvalue weighted by Gasteiger charge is 2.25. The number of fused-ring (bicyclic) bond motifs is 3. The standard InChI is InChI=1S/C24H18FNO3/c1-15-22(16-7-3-2-4-8-16)23(27)17-11-12-21-18(24(17)29-15)13-26(14-28-21)20-10-6-5-9-19(20)25/h2-12H,13-14H2,1H3. The zero-order valence-electron chi connectivity index (χ0n) is 15.8. The Bertz CT molecular complexity index is 1280. The molecule has 4 aromatic rings.